The van der Waals surface area contributed by atoms with Crippen LogP contribution in [0, 0.1) is 0 Å². The van der Waals surface area contributed by atoms with E-state index in [4.69, 9.17) is 21.1 Å². The Morgan fingerprint density at radius 2 is 1.90 bits per heavy atom. The fourth-order valence-corrected chi connectivity index (χ4v) is 3.43. The number of benzene rings is 3. The highest BCUT2D eigenvalue weighted by Crippen LogP contribution is 2.39. The molecule has 1 aliphatic heterocycles. The molecule has 0 radical (unpaired) electrons. The summed E-state index contributed by atoms with van der Waals surface area (Å²) in [5.74, 6) is 2.88. The largest absolute Gasteiger partial charge is 0.489 e. The summed E-state index contributed by atoms with van der Waals surface area (Å²) in [7, 11) is 0. The molecule has 29 heavy (non-hydrogen) atoms. The maximum absolute atomic E-state index is 6.01. The minimum atomic E-state index is 0.607. The number of nitrogens with zero attached hydrogens (tertiary/aromatic N) is 2. The number of anilines is 3. The number of ether oxygens (including phenoxy) is 2. The van der Waals surface area contributed by atoms with Crippen LogP contribution >= 0.6 is 11.6 Å². The number of aromatic nitrogens is 2. The minimum Gasteiger partial charge on any atom is -0.489 e. The van der Waals surface area contributed by atoms with Gasteiger partial charge < -0.3 is 20.1 Å². The summed E-state index contributed by atoms with van der Waals surface area (Å²) >= 11 is 6.01. The van der Waals surface area contributed by atoms with Gasteiger partial charge in [-0.25, -0.2) is 9.97 Å². The van der Waals surface area contributed by atoms with Gasteiger partial charge in [0.15, 0.2) is 5.75 Å². The minimum absolute atomic E-state index is 0.607. The van der Waals surface area contributed by atoms with E-state index in [1.54, 1.807) is 12.4 Å². The van der Waals surface area contributed by atoms with E-state index in [0.29, 0.717) is 23.2 Å². The molecule has 0 bridgehead atoms. The van der Waals surface area contributed by atoms with Crippen LogP contribution in [-0.2, 0) is 0 Å². The van der Waals surface area contributed by atoms with E-state index in [1.165, 1.54) is 0 Å². The first-order chi connectivity index (χ1) is 14.3. The molecular weight excluding hydrogens is 388 g/mol. The van der Waals surface area contributed by atoms with Crippen molar-refractivity contribution >= 4 is 39.7 Å². The van der Waals surface area contributed by atoms with Crippen LogP contribution in [0.3, 0.4) is 0 Å². The van der Waals surface area contributed by atoms with Crippen LogP contribution in [0.4, 0.5) is 17.2 Å². The molecule has 1 aliphatic rings. The Kier molecular flexibility index (Phi) is 4.54. The maximum Gasteiger partial charge on any atom is 0.155 e. The molecule has 7 heteroatoms. The summed E-state index contributed by atoms with van der Waals surface area (Å²) in [5, 5.41) is 8.20. The van der Waals surface area contributed by atoms with Gasteiger partial charge in [0.1, 0.15) is 30.3 Å². The molecule has 0 fully saturated rings. The van der Waals surface area contributed by atoms with Crippen molar-refractivity contribution in [2.75, 3.05) is 23.8 Å². The predicted octanol–water partition coefficient (Wildman–Crippen LogP) is 5.62. The molecule has 0 spiro atoms. The van der Waals surface area contributed by atoms with Gasteiger partial charge in [-0.15, -0.1) is 0 Å². The molecule has 0 amide bonds. The summed E-state index contributed by atoms with van der Waals surface area (Å²) in [4.78, 5) is 8.80. The van der Waals surface area contributed by atoms with Crippen molar-refractivity contribution in [1.82, 2.24) is 9.97 Å². The first-order valence-electron chi connectivity index (χ1n) is 9.21. The highest BCUT2D eigenvalue weighted by atomic mass is 35.5. The summed E-state index contributed by atoms with van der Waals surface area (Å²) in [5.41, 5.74) is 2.66. The monoisotopic (exact) mass is 404 g/mol. The molecule has 6 nitrogen and oxygen atoms in total. The first-order valence-corrected chi connectivity index (χ1v) is 9.59. The lowest BCUT2D eigenvalue weighted by Gasteiger charge is -2.21. The van der Waals surface area contributed by atoms with Gasteiger partial charge >= 0.3 is 0 Å². The normalized spacial score (nSPS) is 12.6. The molecule has 144 valence electrons. The molecule has 4 aromatic rings. The molecule has 0 saturated carbocycles. The van der Waals surface area contributed by atoms with Crippen molar-refractivity contribution in [3.05, 3.63) is 72.0 Å². The highest BCUT2D eigenvalue weighted by Gasteiger charge is 2.17. The Hall–Kier alpha value is -3.51. The summed E-state index contributed by atoms with van der Waals surface area (Å²) in [6.45, 7) is 1.39. The van der Waals surface area contributed by atoms with Gasteiger partial charge in [0.25, 0.3) is 0 Å². The summed E-state index contributed by atoms with van der Waals surface area (Å²) in [6.07, 6.45) is 1.55. The van der Waals surface area contributed by atoms with Crippen molar-refractivity contribution < 1.29 is 9.47 Å². The first kappa shape index (κ1) is 17.6. The number of hydrogen-bond acceptors (Lipinski definition) is 6. The Morgan fingerprint density at radius 1 is 1.00 bits per heavy atom. The van der Waals surface area contributed by atoms with Crippen LogP contribution in [0.25, 0.3) is 10.9 Å². The molecule has 0 atom stereocenters. The zero-order valence-corrected chi connectivity index (χ0v) is 16.1. The number of nitrogens with one attached hydrogen (secondary N) is 2. The quantitative estimate of drug-likeness (QED) is 0.460. The van der Waals surface area contributed by atoms with Gasteiger partial charge in [0.05, 0.1) is 16.6 Å². The molecule has 0 unspecified atom stereocenters. The molecule has 5 rings (SSSR count). The average molecular weight is 405 g/mol. The van der Waals surface area contributed by atoms with E-state index in [0.717, 1.165) is 40.3 Å². The average Bonchev–Trinajstić information content (AvgIpc) is 2.75. The van der Waals surface area contributed by atoms with E-state index in [-0.39, 0.29) is 0 Å². The van der Waals surface area contributed by atoms with Crippen molar-refractivity contribution in [3.8, 4) is 17.2 Å². The summed E-state index contributed by atoms with van der Waals surface area (Å²) < 4.78 is 11.7. The summed E-state index contributed by atoms with van der Waals surface area (Å²) in [6, 6.07) is 18.9. The van der Waals surface area contributed by atoms with Crippen LogP contribution in [0.5, 0.6) is 17.2 Å². The van der Waals surface area contributed by atoms with Crippen molar-refractivity contribution in [2.24, 2.45) is 0 Å². The van der Waals surface area contributed by atoms with Crippen LogP contribution in [0.2, 0.25) is 5.02 Å². The Morgan fingerprint density at radius 3 is 2.76 bits per heavy atom. The highest BCUT2D eigenvalue weighted by molar-refractivity contribution is 6.30. The van der Waals surface area contributed by atoms with Crippen molar-refractivity contribution in [3.63, 3.8) is 0 Å². The Bertz CT molecular complexity index is 1180. The van der Waals surface area contributed by atoms with Crippen molar-refractivity contribution in [2.45, 2.75) is 0 Å². The lowest BCUT2D eigenvalue weighted by molar-refractivity contribution is 0.327. The Balaban J connectivity index is 1.42. The predicted molar refractivity (Wildman–Crippen MR) is 115 cm³/mol. The standard InChI is InChI=1S/C22H17ClN4O2/c23-14-2-1-3-17(12-14)29-16-6-4-15(5-7-16)27-22-20-18(25-13-26-22)8-9-19-21(20)28-11-10-24-19/h1-9,12-13,24H,10-11H2,(H,25,26,27). The van der Waals surface area contributed by atoms with Gasteiger partial charge in [0.2, 0.25) is 0 Å². The smallest absolute Gasteiger partial charge is 0.155 e. The van der Waals surface area contributed by atoms with Gasteiger partial charge in [0, 0.05) is 17.3 Å². The number of rotatable bonds is 4. The van der Waals surface area contributed by atoms with Gasteiger partial charge in [-0.3, -0.25) is 0 Å². The van der Waals surface area contributed by atoms with Gasteiger partial charge in [-0.1, -0.05) is 17.7 Å². The molecule has 3 aromatic carbocycles. The fraction of sp³-hybridized carbons (Fsp3) is 0.0909. The number of halogens is 1. The second kappa shape index (κ2) is 7.48. The lowest BCUT2D eigenvalue weighted by Crippen LogP contribution is -2.18. The zero-order valence-electron chi connectivity index (χ0n) is 15.4. The van der Waals surface area contributed by atoms with E-state index < -0.39 is 0 Å². The molecule has 2 heterocycles. The van der Waals surface area contributed by atoms with Crippen LogP contribution in [-0.4, -0.2) is 23.1 Å². The number of fused-ring (bicyclic) bond motifs is 3. The SMILES string of the molecule is Clc1cccc(Oc2ccc(Nc3ncnc4ccc5c(c34)OCCN5)cc2)c1. The van der Waals surface area contributed by atoms with Gasteiger partial charge in [-0.05, 0) is 54.6 Å². The lowest BCUT2D eigenvalue weighted by atomic mass is 10.1. The van der Waals surface area contributed by atoms with E-state index in [1.807, 2.05) is 54.6 Å². The molecule has 0 saturated heterocycles. The molecule has 1 aromatic heterocycles. The van der Waals surface area contributed by atoms with E-state index in [2.05, 4.69) is 20.6 Å². The third-order valence-electron chi connectivity index (χ3n) is 4.57. The van der Waals surface area contributed by atoms with Crippen LogP contribution in [0.1, 0.15) is 0 Å². The zero-order chi connectivity index (χ0) is 19.6. The second-order valence-corrected chi connectivity index (χ2v) is 6.98. The van der Waals surface area contributed by atoms with Crippen LogP contribution in [0.15, 0.2) is 67.0 Å². The number of hydrogen-bond donors (Lipinski definition) is 2. The molecule has 2 N–H and O–H groups in total. The third-order valence-corrected chi connectivity index (χ3v) is 4.80. The van der Waals surface area contributed by atoms with Gasteiger partial charge in [-0.2, -0.15) is 0 Å². The molecule has 0 aliphatic carbocycles. The van der Waals surface area contributed by atoms with Crippen LogP contribution < -0.4 is 20.1 Å². The Labute approximate surface area is 172 Å². The van der Waals surface area contributed by atoms with Crippen molar-refractivity contribution in [1.29, 1.82) is 0 Å². The second-order valence-electron chi connectivity index (χ2n) is 6.54. The topological polar surface area (TPSA) is 68.3 Å². The van der Waals surface area contributed by atoms with E-state index in [9.17, 15) is 0 Å². The van der Waals surface area contributed by atoms with E-state index >= 15 is 0 Å². The molecular formula is C22H17ClN4O2. The maximum atomic E-state index is 6.01. The third kappa shape index (κ3) is 3.62. The fourth-order valence-electron chi connectivity index (χ4n) is 3.25.